The molecule has 0 saturated carbocycles. The molecule has 0 aliphatic carbocycles. The molecule has 9 rings (SSSR count). The molecule has 6 aromatic carbocycles. The van der Waals surface area contributed by atoms with E-state index >= 15 is 4.21 Å². The highest BCUT2D eigenvalue weighted by atomic mass is 32.3. The van der Waals surface area contributed by atoms with Crippen molar-refractivity contribution in [1.82, 2.24) is 9.29 Å². The second-order valence-electron chi connectivity index (χ2n) is 10.4. The smallest absolute Gasteiger partial charge is 0.219 e. The maximum absolute atomic E-state index is 15.0. The number of hydrogen-bond donors (Lipinski definition) is 2. The lowest BCUT2D eigenvalue weighted by Crippen LogP contribution is -2.42. The Morgan fingerprint density at radius 3 is 2.10 bits per heavy atom. The Kier molecular flexibility index (Phi) is 4.69. The number of aromatic nitrogens is 1. The van der Waals surface area contributed by atoms with Crippen molar-refractivity contribution in [3.63, 3.8) is 0 Å². The largest absolute Gasteiger partial charge is 0.289 e. The molecular formula is C35H23N3OS2. The number of aliphatic imine (C=N–C) groups is 1. The predicted molar refractivity (Wildman–Crippen MR) is 174 cm³/mol. The van der Waals surface area contributed by atoms with Gasteiger partial charge in [-0.3, -0.25) is 13.5 Å². The zero-order valence-corrected chi connectivity index (χ0v) is 23.5. The van der Waals surface area contributed by atoms with Gasteiger partial charge in [0, 0.05) is 41.3 Å². The molecule has 0 atom stereocenters. The van der Waals surface area contributed by atoms with E-state index < -0.39 is 10.1 Å². The molecule has 0 bridgehead atoms. The van der Waals surface area contributed by atoms with Gasteiger partial charge >= 0.3 is 0 Å². The van der Waals surface area contributed by atoms with Crippen LogP contribution in [-0.2, 0) is 10.1 Å². The fraction of sp³-hybridized carbons (Fsp3) is 0. The van der Waals surface area contributed by atoms with Crippen molar-refractivity contribution < 1.29 is 4.21 Å². The van der Waals surface area contributed by atoms with Crippen LogP contribution in [0.1, 0.15) is 0 Å². The summed E-state index contributed by atoms with van der Waals surface area (Å²) >= 11 is 1.81. The van der Waals surface area contributed by atoms with Gasteiger partial charge in [0.1, 0.15) is 0 Å². The highest BCUT2D eigenvalue weighted by Gasteiger charge is 2.31. The average Bonchev–Trinajstić information content (AvgIpc) is 3.59. The summed E-state index contributed by atoms with van der Waals surface area (Å²) in [4.78, 5) is 6.64. The fourth-order valence-electron chi connectivity index (χ4n) is 6.45. The number of fused-ring (bicyclic) bond motifs is 11. The van der Waals surface area contributed by atoms with Gasteiger partial charge in [0.15, 0.2) is 0 Å². The summed E-state index contributed by atoms with van der Waals surface area (Å²) in [7, 11) is -3.24. The van der Waals surface area contributed by atoms with Crippen molar-refractivity contribution in [3.05, 3.63) is 127 Å². The molecule has 0 radical (unpaired) electrons. The van der Waals surface area contributed by atoms with Crippen molar-refractivity contribution in [2.75, 3.05) is 0 Å². The van der Waals surface area contributed by atoms with Gasteiger partial charge in [-0.25, -0.2) is 4.99 Å². The van der Waals surface area contributed by atoms with E-state index in [2.05, 4.69) is 82.1 Å². The predicted octanol–water partition coefficient (Wildman–Crippen LogP) is 8.80. The fourth-order valence-corrected chi connectivity index (χ4v) is 10.0. The summed E-state index contributed by atoms with van der Waals surface area (Å²) in [5.74, 6) is 0.580. The molecule has 1 N–H and O–H groups in total. The first kappa shape index (κ1) is 23.0. The van der Waals surface area contributed by atoms with E-state index in [1.165, 1.54) is 36.3 Å². The molecule has 3 heterocycles. The number of rotatable bonds is 1. The molecule has 41 heavy (non-hydrogen) atoms. The van der Waals surface area contributed by atoms with E-state index in [-0.39, 0.29) is 0 Å². The minimum atomic E-state index is -3.24. The third kappa shape index (κ3) is 3.09. The van der Waals surface area contributed by atoms with Crippen molar-refractivity contribution in [2.24, 2.45) is 4.99 Å². The zero-order chi connectivity index (χ0) is 27.1. The molecule has 0 amide bonds. The highest BCUT2D eigenvalue weighted by molar-refractivity contribution is 8.02. The first-order valence-corrected chi connectivity index (χ1v) is 16.1. The Balaban J connectivity index is 1.48. The van der Waals surface area contributed by atoms with Crippen LogP contribution in [0.5, 0.6) is 0 Å². The monoisotopic (exact) mass is 565 g/mol. The van der Waals surface area contributed by atoms with Crippen LogP contribution >= 0.6 is 11.3 Å². The van der Waals surface area contributed by atoms with E-state index in [4.69, 9.17) is 4.99 Å². The Morgan fingerprint density at radius 2 is 1.27 bits per heavy atom. The number of benzene rings is 6. The van der Waals surface area contributed by atoms with E-state index in [0.29, 0.717) is 5.96 Å². The van der Waals surface area contributed by atoms with E-state index in [9.17, 15) is 0 Å². The molecule has 0 fully saturated rings. The molecule has 0 unspecified atom stereocenters. The molecule has 1 aliphatic rings. The van der Waals surface area contributed by atoms with E-state index in [1.54, 1.807) is 0 Å². The third-order valence-corrected chi connectivity index (χ3v) is 12.0. The van der Waals surface area contributed by atoms with Crippen LogP contribution in [0.4, 0.5) is 5.69 Å². The Labute approximate surface area is 240 Å². The van der Waals surface area contributed by atoms with Crippen molar-refractivity contribution in [2.45, 2.75) is 9.79 Å². The van der Waals surface area contributed by atoms with Crippen LogP contribution in [0, 0.1) is 0 Å². The van der Waals surface area contributed by atoms with Crippen molar-refractivity contribution in [1.29, 1.82) is 0 Å². The molecule has 2 aromatic heterocycles. The van der Waals surface area contributed by atoms with Crippen LogP contribution in [0.3, 0.4) is 0 Å². The Hall–Kier alpha value is -4.78. The number of hydrogen-bond acceptors (Lipinski definition) is 3. The lowest BCUT2D eigenvalue weighted by Gasteiger charge is -2.33. The standard InChI is InChI=1S/C35H23N3OS2/c39-41(22-12-2-1-3-13-22)30-21-11-8-18-27(30)36-35(37-41)38-28-19-9-6-16-25(28)31-23-14-4-5-15-24(23)32-26-17-7-10-20-29(26)40-34(32)33(31)38/h1-21,41H,(H,36,37,39). The topological polar surface area (TPSA) is 46.4 Å². The van der Waals surface area contributed by atoms with Crippen LogP contribution < -0.4 is 4.72 Å². The normalized spacial score (nSPS) is 15.3. The minimum Gasteiger partial charge on any atom is -0.289 e. The van der Waals surface area contributed by atoms with Gasteiger partial charge < -0.3 is 0 Å². The number of thiol groups is 1. The highest BCUT2D eigenvalue weighted by Crippen LogP contribution is 2.47. The molecule has 4 nitrogen and oxygen atoms in total. The van der Waals surface area contributed by atoms with Crippen LogP contribution in [-0.4, -0.2) is 14.7 Å². The van der Waals surface area contributed by atoms with Gasteiger partial charge in [-0.1, -0.05) is 91.0 Å². The summed E-state index contributed by atoms with van der Waals surface area (Å²) in [5.41, 5.74) is 2.85. The van der Waals surface area contributed by atoms with Gasteiger partial charge in [0.25, 0.3) is 0 Å². The quantitative estimate of drug-likeness (QED) is 0.192. The van der Waals surface area contributed by atoms with E-state index in [0.717, 1.165) is 31.9 Å². The average molecular weight is 566 g/mol. The minimum absolute atomic E-state index is 0.580. The molecular weight excluding hydrogens is 543 g/mol. The summed E-state index contributed by atoms with van der Waals surface area (Å²) in [6.45, 7) is 0. The molecule has 0 spiro atoms. The SMILES string of the molecule is O=[SH]1(c2ccccc2)NC(n2c3ccccc3c3c4ccccc4c4c5ccccc5sc4c32)=Nc2ccccc21. The number of para-hydroxylation sites is 2. The second kappa shape index (κ2) is 8.36. The molecule has 196 valence electrons. The summed E-state index contributed by atoms with van der Waals surface area (Å²) < 4.78 is 23.2. The number of nitrogens with one attached hydrogen (secondary N) is 1. The molecule has 0 saturated heterocycles. The lowest BCUT2D eigenvalue weighted by atomic mass is 9.99. The second-order valence-corrected chi connectivity index (χ2v) is 13.9. The van der Waals surface area contributed by atoms with Gasteiger partial charge in [0.2, 0.25) is 5.96 Å². The third-order valence-electron chi connectivity index (χ3n) is 8.19. The Bertz CT molecular complexity index is 2440. The van der Waals surface area contributed by atoms with Gasteiger partial charge in [-0.15, -0.1) is 11.3 Å². The van der Waals surface area contributed by atoms with Crippen molar-refractivity contribution >= 4 is 85.9 Å². The zero-order valence-electron chi connectivity index (χ0n) is 21.8. The van der Waals surface area contributed by atoms with E-state index in [1.807, 2.05) is 65.9 Å². The summed E-state index contributed by atoms with van der Waals surface area (Å²) in [6, 6.07) is 43.3. The van der Waals surface area contributed by atoms with Crippen LogP contribution in [0.2, 0.25) is 0 Å². The van der Waals surface area contributed by atoms with Gasteiger partial charge in [0.05, 0.1) is 26.3 Å². The molecule has 8 aromatic rings. The number of thiophene rings is 1. The maximum Gasteiger partial charge on any atom is 0.219 e. The van der Waals surface area contributed by atoms with Crippen molar-refractivity contribution in [3.8, 4) is 0 Å². The first-order valence-electron chi connectivity index (χ1n) is 13.6. The van der Waals surface area contributed by atoms with Gasteiger partial charge in [-0.2, -0.15) is 0 Å². The van der Waals surface area contributed by atoms with Crippen LogP contribution in [0.25, 0.3) is 52.8 Å². The maximum atomic E-state index is 15.0. The Morgan fingerprint density at radius 1 is 0.634 bits per heavy atom. The first-order chi connectivity index (χ1) is 20.2. The summed E-state index contributed by atoms with van der Waals surface area (Å²) in [5, 5.41) is 7.29. The molecule has 6 heteroatoms. The van der Waals surface area contributed by atoms with Gasteiger partial charge in [-0.05, 0) is 47.2 Å². The summed E-state index contributed by atoms with van der Waals surface area (Å²) in [6.07, 6.45) is 0. The van der Waals surface area contributed by atoms with Crippen LogP contribution in [0.15, 0.2) is 142 Å². The number of nitrogens with zero attached hydrogens (tertiary/aromatic N) is 2. The molecule has 1 aliphatic heterocycles. The lowest BCUT2D eigenvalue weighted by molar-refractivity contribution is 0.665.